The van der Waals surface area contributed by atoms with Gasteiger partial charge in [-0.15, -0.1) is 0 Å². The van der Waals surface area contributed by atoms with Gasteiger partial charge in [-0.2, -0.15) is 0 Å². The van der Waals surface area contributed by atoms with Gasteiger partial charge in [0.05, 0.1) is 0 Å². The molecule has 0 unspecified atom stereocenters. The minimum absolute atomic E-state index is 0.0600. The summed E-state index contributed by atoms with van der Waals surface area (Å²) in [6, 6.07) is 13.3. The molecule has 0 saturated carbocycles. The number of piperidine rings is 1. The van der Waals surface area contributed by atoms with Crippen LogP contribution < -0.4 is 20.1 Å². The van der Waals surface area contributed by atoms with Crippen molar-refractivity contribution in [2.45, 2.75) is 32.7 Å². The average Bonchev–Trinajstić information content (AvgIpc) is 2.86. The van der Waals surface area contributed by atoms with Crippen LogP contribution in [0, 0.1) is 11.8 Å². The number of carbonyl (C=O) groups excluding carboxylic acids is 3. The number of para-hydroxylation sites is 1. The standard InChI is InChI=1S/C26H31N3O5/c1-17(2)23(28-26(32)27-20-6-4-3-5-7-20)25(31)29-12-10-18(11-13-29)24(30)19-8-9-21-22(16-19)34-15-14-33-21/h3-9,16-18,23H,10-15H2,1-2H3,(H2,27,28,32)/t23-/m0/s1. The van der Waals surface area contributed by atoms with Crippen molar-refractivity contribution in [3.05, 3.63) is 54.1 Å². The Labute approximate surface area is 199 Å². The Balaban J connectivity index is 1.33. The molecule has 1 saturated heterocycles. The van der Waals surface area contributed by atoms with Crippen LogP contribution in [0.5, 0.6) is 11.5 Å². The van der Waals surface area contributed by atoms with E-state index in [1.807, 2.05) is 32.0 Å². The van der Waals surface area contributed by atoms with Crippen LogP contribution in [0.25, 0.3) is 0 Å². The fraction of sp³-hybridized carbons (Fsp3) is 0.423. The first-order valence-electron chi connectivity index (χ1n) is 11.8. The molecule has 0 spiro atoms. The maximum atomic E-state index is 13.2. The topological polar surface area (TPSA) is 97.0 Å². The van der Waals surface area contributed by atoms with Crippen molar-refractivity contribution in [2.24, 2.45) is 11.8 Å². The van der Waals surface area contributed by atoms with E-state index in [4.69, 9.17) is 9.47 Å². The number of ketones is 1. The highest BCUT2D eigenvalue weighted by molar-refractivity contribution is 5.99. The molecule has 2 aliphatic rings. The average molecular weight is 466 g/mol. The largest absolute Gasteiger partial charge is 0.486 e. The molecular weight excluding hydrogens is 434 g/mol. The molecule has 8 heteroatoms. The van der Waals surface area contributed by atoms with Gasteiger partial charge >= 0.3 is 6.03 Å². The number of nitrogens with one attached hydrogen (secondary N) is 2. The monoisotopic (exact) mass is 465 g/mol. The second-order valence-electron chi connectivity index (χ2n) is 9.01. The molecule has 1 atom stereocenters. The summed E-state index contributed by atoms with van der Waals surface area (Å²) in [5, 5.41) is 5.58. The zero-order valence-electron chi connectivity index (χ0n) is 19.6. The van der Waals surface area contributed by atoms with Gasteiger partial charge in [0.15, 0.2) is 17.3 Å². The Hall–Kier alpha value is -3.55. The number of hydrogen-bond donors (Lipinski definition) is 2. The molecule has 2 aromatic carbocycles. The second kappa shape index (κ2) is 10.6. The SMILES string of the molecule is CC(C)[C@H](NC(=O)Nc1ccccc1)C(=O)N1CCC(C(=O)c2ccc3c(c2)OCCO3)CC1. The van der Waals surface area contributed by atoms with Crippen molar-refractivity contribution < 1.29 is 23.9 Å². The number of benzene rings is 2. The van der Waals surface area contributed by atoms with E-state index >= 15 is 0 Å². The number of carbonyl (C=O) groups is 3. The maximum absolute atomic E-state index is 13.2. The van der Waals surface area contributed by atoms with Crippen LogP contribution in [0.15, 0.2) is 48.5 Å². The van der Waals surface area contributed by atoms with Crippen molar-refractivity contribution in [2.75, 3.05) is 31.6 Å². The van der Waals surface area contributed by atoms with Crippen LogP contribution in [0.2, 0.25) is 0 Å². The second-order valence-corrected chi connectivity index (χ2v) is 9.01. The Bertz CT molecular complexity index is 1030. The number of hydrogen-bond acceptors (Lipinski definition) is 5. The van der Waals surface area contributed by atoms with Gasteiger partial charge in [0.1, 0.15) is 19.3 Å². The zero-order chi connectivity index (χ0) is 24.1. The molecular formula is C26H31N3O5. The third-order valence-electron chi connectivity index (χ3n) is 6.26. The minimum atomic E-state index is -0.645. The fourth-order valence-electron chi connectivity index (χ4n) is 4.33. The number of likely N-dealkylation sites (tertiary alicyclic amines) is 1. The molecule has 2 aliphatic heterocycles. The molecule has 0 aliphatic carbocycles. The number of nitrogens with zero attached hydrogens (tertiary/aromatic N) is 1. The van der Waals surface area contributed by atoms with Crippen LogP contribution >= 0.6 is 0 Å². The molecule has 2 N–H and O–H groups in total. The first-order valence-corrected chi connectivity index (χ1v) is 11.8. The van der Waals surface area contributed by atoms with Crippen LogP contribution in [0.3, 0.4) is 0 Å². The Morgan fingerprint density at radius 2 is 1.62 bits per heavy atom. The van der Waals surface area contributed by atoms with Gasteiger partial charge in [-0.25, -0.2) is 4.79 Å². The van der Waals surface area contributed by atoms with Crippen LogP contribution in [0.4, 0.5) is 10.5 Å². The third kappa shape index (κ3) is 5.50. The molecule has 0 aromatic heterocycles. The third-order valence-corrected chi connectivity index (χ3v) is 6.26. The van der Waals surface area contributed by atoms with Crippen molar-refractivity contribution in [3.8, 4) is 11.5 Å². The number of fused-ring (bicyclic) bond motifs is 1. The van der Waals surface area contributed by atoms with Gasteiger partial charge < -0.3 is 25.0 Å². The molecule has 3 amide bonds. The number of rotatable bonds is 6. The van der Waals surface area contributed by atoms with Gasteiger partial charge in [-0.3, -0.25) is 9.59 Å². The molecule has 2 aromatic rings. The van der Waals surface area contributed by atoms with Gasteiger partial charge in [-0.1, -0.05) is 32.0 Å². The summed E-state index contributed by atoms with van der Waals surface area (Å²) >= 11 is 0. The first kappa shape index (κ1) is 23.6. The molecule has 1 fully saturated rings. The van der Waals surface area contributed by atoms with Gasteiger partial charge in [-0.05, 0) is 49.1 Å². The van der Waals surface area contributed by atoms with Gasteiger partial charge in [0.25, 0.3) is 0 Å². The van der Waals surface area contributed by atoms with Crippen molar-refractivity contribution in [1.29, 1.82) is 0 Å². The first-order chi connectivity index (χ1) is 16.4. The summed E-state index contributed by atoms with van der Waals surface area (Å²) in [5.74, 6) is 0.967. The quantitative estimate of drug-likeness (QED) is 0.634. The Morgan fingerprint density at radius 1 is 0.941 bits per heavy atom. The summed E-state index contributed by atoms with van der Waals surface area (Å²) < 4.78 is 11.1. The summed E-state index contributed by atoms with van der Waals surface area (Å²) in [5.41, 5.74) is 1.27. The molecule has 180 valence electrons. The number of ether oxygens (including phenoxy) is 2. The predicted octanol–water partition coefficient (Wildman–Crippen LogP) is 3.73. The Morgan fingerprint density at radius 3 is 2.29 bits per heavy atom. The van der Waals surface area contributed by atoms with Crippen molar-refractivity contribution in [1.82, 2.24) is 10.2 Å². The van der Waals surface area contributed by atoms with E-state index in [9.17, 15) is 14.4 Å². The van der Waals surface area contributed by atoms with Gasteiger partial charge in [0, 0.05) is 30.3 Å². The zero-order valence-corrected chi connectivity index (χ0v) is 19.6. The normalized spacial score (nSPS) is 16.6. The molecule has 4 rings (SSSR count). The number of Topliss-reactive ketones (excluding diaryl/α,β-unsaturated/α-hetero) is 1. The lowest BCUT2D eigenvalue weighted by molar-refractivity contribution is -0.135. The lowest BCUT2D eigenvalue weighted by Crippen LogP contribution is -2.54. The maximum Gasteiger partial charge on any atom is 0.319 e. The van der Waals surface area contributed by atoms with Crippen LogP contribution in [0.1, 0.15) is 37.0 Å². The summed E-state index contributed by atoms with van der Waals surface area (Å²) in [4.78, 5) is 40.5. The smallest absolute Gasteiger partial charge is 0.319 e. The molecule has 0 bridgehead atoms. The highest BCUT2D eigenvalue weighted by Gasteiger charge is 2.33. The number of anilines is 1. The van der Waals surface area contributed by atoms with Crippen molar-refractivity contribution in [3.63, 3.8) is 0 Å². The van der Waals surface area contributed by atoms with E-state index < -0.39 is 12.1 Å². The summed E-state index contributed by atoms with van der Waals surface area (Å²) in [7, 11) is 0. The molecule has 34 heavy (non-hydrogen) atoms. The Kier molecular flexibility index (Phi) is 7.35. The lowest BCUT2D eigenvalue weighted by atomic mass is 9.88. The van der Waals surface area contributed by atoms with E-state index in [1.54, 1.807) is 35.2 Å². The fourth-order valence-corrected chi connectivity index (χ4v) is 4.33. The lowest BCUT2D eigenvalue weighted by Gasteiger charge is -2.35. The molecule has 0 radical (unpaired) electrons. The van der Waals surface area contributed by atoms with E-state index in [1.165, 1.54) is 0 Å². The van der Waals surface area contributed by atoms with Gasteiger partial charge in [0.2, 0.25) is 5.91 Å². The van der Waals surface area contributed by atoms with Crippen LogP contribution in [-0.4, -0.2) is 55.0 Å². The number of amides is 3. The highest BCUT2D eigenvalue weighted by atomic mass is 16.6. The van der Waals surface area contributed by atoms with E-state index in [2.05, 4.69) is 10.6 Å². The minimum Gasteiger partial charge on any atom is -0.486 e. The van der Waals surface area contributed by atoms with E-state index in [0.717, 1.165) is 0 Å². The predicted molar refractivity (Wildman–Crippen MR) is 128 cm³/mol. The molecule has 8 nitrogen and oxygen atoms in total. The van der Waals surface area contributed by atoms with E-state index in [-0.39, 0.29) is 23.5 Å². The highest BCUT2D eigenvalue weighted by Crippen LogP contribution is 2.32. The van der Waals surface area contributed by atoms with Crippen molar-refractivity contribution >= 4 is 23.4 Å². The summed E-state index contributed by atoms with van der Waals surface area (Å²) in [6.45, 7) is 5.75. The van der Waals surface area contributed by atoms with E-state index in [0.29, 0.717) is 61.9 Å². The number of urea groups is 1. The summed E-state index contributed by atoms with van der Waals surface area (Å²) in [6.07, 6.45) is 1.17. The van der Waals surface area contributed by atoms with Crippen LogP contribution in [-0.2, 0) is 4.79 Å². The molecule has 2 heterocycles.